The molecule has 0 heterocycles. The van der Waals surface area contributed by atoms with Gasteiger partial charge < -0.3 is 15.4 Å². The number of nitrogens with zero attached hydrogens (tertiary/aromatic N) is 1. The highest BCUT2D eigenvalue weighted by atomic mass is 127. The molecule has 0 bridgehead atoms. The zero-order valence-corrected chi connectivity index (χ0v) is 16.8. The lowest BCUT2D eigenvalue weighted by Crippen LogP contribution is -2.37. The summed E-state index contributed by atoms with van der Waals surface area (Å²) >= 11 is 0. The molecule has 0 aliphatic carbocycles. The van der Waals surface area contributed by atoms with E-state index in [4.69, 9.17) is 4.74 Å². The zero-order chi connectivity index (χ0) is 16.4. The fourth-order valence-corrected chi connectivity index (χ4v) is 2.46. The molecule has 0 aromatic heterocycles. The minimum absolute atomic E-state index is 0. The van der Waals surface area contributed by atoms with Crippen molar-refractivity contribution in [3.05, 3.63) is 29.8 Å². The molecule has 0 amide bonds. The summed E-state index contributed by atoms with van der Waals surface area (Å²) in [5.74, 6) is 0.697. The van der Waals surface area contributed by atoms with E-state index in [9.17, 15) is 8.42 Å². The van der Waals surface area contributed by atoms with Crippen LogP contribution in [0.1, 0.15) is 12.0 Å². The lowest BCUT2D eigenvalue weighted by Gasteiger charge is -2.12. The molecular formula is C14H25IN4O3S. The highest BCUT2D eigenvalue weighted by Gasteiger charge is 2.10. The first kappa shape index (κ1) is 22.1. The van der Waals surface area contributed by atoms with Gasteiger partial charge in [0.05, 0.1) is 4.90 Å². The number of hydrogen-bond acceptors (Lipinski definition) is 4. The molecule has 1 aromatic carbocycles. The van der Waals surface area contributed by atoms with Gasteiger partial charge in [0.2, 0.25) is 10.0 Å². The molecule has 0 saturated carbocycles. The van der Waals surface area contributed by atoms with Gasteiger partial charge in [0.15, 0.2) is 5.96 Å². The van der Waals surface area contributed by atoms with Gasteiger partial charge in [-0.05, 0) is 31.2 Å². The predicted molar refractivity (Wildman–Crippen MR) is 103 cm³/mol. The lowest BCUT2D eigenvalue weighted by atomic mass is 10.2. The predicted octanol–water partition coefficient (Wildman–Crippen LogP) is 0.914. The summed E-state index contributed by atoms with van der Waals surface area (Å²) in [4.78, 5) is 4.37. The molecule has 132 valence electrons. The second kappa shape index (κ2) is 11.6. The van der Waals surface area contributed by atoms with Gasteiger partial charge in [0, 0.05) is 33.9 Å². The number of hydrogen-bond donors (Lipinski definition) is 3. The molecule has 0 fully saturated rings. The van der Waals surface area contributed by atoms with Crippen LogP contribution in [0.4, 0.5) is 0 Å². The molecule has 0 unspecified atom stereocenters. The number of rotatable bonds is 8. The van der Waals surface area contributed by atoms with Gasteiger partial charge in [-0.3, -0.25) is 4.99 Å². The van der Waals surface area contributed by atoms with Crippen LogP contribution in [0, 0.1) is 0 Å². The first-order valence-corrected chi connectivity index (χ1v) is 8.47. The summed E-state index contributed by atoms with van der Waals surface area (Å²) in [7, 11) is 1.38. The Labute approximate surface area is 155 Å². The number of halogens is 1. The summed E-state index contributed by atoms with van der Waals surface area (Å²) in [6.07, 6.45) is 0.897. The fourth-order valence-electron chi connectivity index (χ4n) is 1.73. The molecule has 0 atom stereocenters. The maximum absolute atomic E-state index is 11.6. The van der Waals surface area contributed by atoms with Gasteiger partial charge >= 0.3 is 0 Å². The minimum Gasteiger partial charge on any atom is -0.385 e. The first-order valence-electron chi connectivity index (χ1n) is 6.99. The maximum Gasteiger partial charge on any atom is 0.240 e. The Morgan fingerprint density at radius 2 is 1.87 bits per heavy atom. The van der Waals surface area contributed by atoms with Crippen LogP contribution in [0.15, 0.2) is 34.2 Å². The number of nitrogens with one attached hydrogen (secondary N) is 3. The van der Waals surface area contributed by atoms with E-state index < -0.39 is 10.0 Å². The van der Waals surface area contributed by atoms with Gasteiger partial charge in [-0.25, -0.2) is 13.1 Å². The van der Waals surface area contributed by atoms with Crippen molar-refractivity contribution in [3.63, 3.8) is 0 Å². The van der Waals surface area contributed by atoms with Crippen molar-refractivity contribution >= 4 is 40.0 Å². The standard InChI is InChI=1S/C14H24N4O3S.HI/c1-15-14(17-9-4-10-21-3)18-11-12-5-7-13(8-6-12)22(19,20)16-2;/h5-8,16H,4,9-11H2,1-3H3,(H2,15,17,18);1H. The van der Waals surface area contributed by atoms with Crippen molar-refractivity contribution in [1.82, 2.24) is 15.4 Å². The van der Waals surface area contributed by atoms with E-state index in [1.54, 1.807) is 38.4 Å². The van der Waals surface area contributed by atoms with Crippen LogP contribution >= 0.6 is 24.0 Å². The van der Waals surface area contributed by atoms with Crippen LogP contribution < -0.4 is 15.4 Å². The average molecular weight is 456 g/mol. The van der Waals surface area contributed by atoms with Crippen LogP contribution in [0.3, 0.4) is 0 Å². The van der Waals surface area contributed by atoms with Crippen LogP contribution in [0.5, 0.6) is 0 Å². The normalized spacial score (nSPS) is 11.7. The topological polar surface area (TPSA) is 91.8 Å². The molecule has 0 spiro atoms. The fraction of sp³-hybridized carbons (Fsp3) is 0.500. The summed E-state index contributed by atoms with van der Waals surface area (Å²) in [5.41, 5.74) is 0.967. The molecule has 23 heavy (non-hydrogen) atoms. The van der Waals surface area contributed by atoms with Crippen molar-refractivity contribution in [3.8, 4) is 0 Å². The number of benzene rings is 1. The third kappa shape index (κ3) is 7.95. The van der Waals surface area contributed by atoms with Crippen LogP contribution in [0.2, 0.25) is 0 Å². The van der Waals surface area contributed by atoms with Gasteiger partial charge in [0.25, 0.3) is 0 Å². The minimum atomic E-state index is -3.39. The lowest BCUT2D eigenvalue weighted by molar-refractivity contribution is 0.195. The third-order valence-electron chi connectivity index (χ3n) is 3.00. The average Bonchev–Trinajstić information content (AvgIpc) is 2.54. The zero-order valence-electron chi connectivity index (χ0n) is 13.6. The molecule has 1 rings (SSSR count). The Bertz CT molecular complexity index is 576. The van der Waals surface area contributed by atoms with E-state index in [0.717, 1.165) is 18.5 Å². The molecule has 3 N–H and O–H groups in total. The van der Waals surface area contributed by atoms with Crippen molar-refractivity contribution < 1.29 is 13.2 Å². The van der Waals surface area contributed by atoms with Crippen molar-refractivity contribution in [2.45, 2.75) is 17.9 Å². The number of sulfonamides is 1. The Balaban J connectivity index is 0.00000484. The largest absolute Gasteiger partial charge is 0.385 e. The number of guanidine groups is 1. The molecule has 0 aliphatic heterocycles. The van der Waals surface area contributed by atoms with Gasteiger partial charge in [-0.2, -0.15) is 0 Å². The summed E-state index contributed by atoms with van der Waals surface area (Å²) in [6.45, 7) is 2.03. The summed E-state index contributed by atoms with van der Waals surface area (Å²) in [6, 6.07) is 6.71. The number of methoxy groups -OCH3 is 1. The van der Waals surface area contributed by atoms with Crippen molar-refractivity contribution in [1.29, 1.82) is 0 Å². The molecule has 0 radical (unpaired) electrons. The van der Waals surface area contributed by atoms with Gasteiger partial charge in [-0.15, -0.1) is 24.0 Å². The van der Waals surface area contributed by atoms with Crippen molar-refractivity contribution in [2.24, 2.45) is 4.99 Å². The molecule has 0 aliphatic rings. The monoisotopic (exact) mass is 456 g/mol. The third-order valence-corrected chi connectivity index (χ3v) is 4.43. The smallest absolute Gasteiger partial charge is 0.240 e. The van der Waals surface area contributed by atoms with E-state index in [0.29, 0.717) is 19.1 Å². The molecule has 9 heteroatoms. The van der Waals surface area contributed by atoms with E-state index in [1.807, 2.05) is 0 Å². The Hall–Kier alpha value is -0.910. The summed E-state index contributed by atoms with van der Waals surface area (Å²) in [5, 5.41) is 6.34. The highest BCUT2D eigenvalue weighted by Crippen LogP contribution is 2.09. The maximum atomic E-state index is 11.6. The Kier molecular flexibility index (Phi) is 11.1. The number of aliphatic imine (C=N–C) groups is 1. The Morgan fingerprint density at radius 3 is 2.39 bits per heavy atom. The molecule has 1 aromatic rings. The second-order valence-electron chi connectivity index (χ2n) is 4.55. The highest BCUT2D eigenvalue weighted by molar-refractivity contribution is 14.0. The molecule has 0 saturated heterocycles. The van der Waals surface area contributed by atoms with Crippen LogP contribution in [0.25, 0.3) is 0 Å². The van der Waals surface area contributed by atoms with Gasteiger partial charge in [0.1, 0.15) is 0 Å². The summed E-state index contributed by atoms with van der Waals surface area (Å²) < 4.78 is 30.5. The SMILES string of the molecule is CN=C(NCCCOC)NCc1ccc(S(=O)(=O)NC)cc1.I. The first-order chi connectivity index (χ1) is 10.5. The second-order valence-corrected chi connectivity index (χ2v) is 6.44. The van der Waals surface area contributed by atoms with Crippen LogP contribution in [-0.4, -0.2) is 48.7 Å². The molecule has 7 nitrogen and oxygen atoms in total. The quantitative estimate of drug-likeness (QED) is 0.234. The number of ether oxygens (including phenoxy) is 1. The van der Waals surface area contributed by atoms with E-state index >= 15 is 0 Å². The van der Waals surface area contributed by atoms with E-state index in [1.165, 1.54) is 7.05 Å². The van der Waals surface area contributed by atoms with Gasteiger partial charge in [-0.1, -0.05) is 12.1 Å². The van der Waals surface area contributed by atoms with Crippen molar-refractivity contribution in [2.75, 3.05) is 34.4 Å². The van der Waals surface area contributed by atoms with Crippen LogP contribution in [-0.2, 0) is 21.3 Å². The van der Waals surface area contributed by atoms with E-state index in [2.05, 4.69) is 20.3 Å². The Morgan fingerprint density at radius 1 is 1.22 bits per heavy atom. The molecular weight excluding hydrogens is 431 g/mol. The van der Waals surface area contributed by atoms with E-state index in [-0.39, 0.29) is 28.9 Å².